The Morgan fingerprint density at radius 3 is 2.52 bits per heavy atom. The average molecular weight is 361 g/mol. The second-order valence-electron chi connectivity index (χ2n) is 6.78. The standard InChI is InChI=1S/C21H19N3O3/c1-12-5-3-4-6-17(12)24-20-19(13(2)23-24)16(11-18(25)22-20)14-7-9-15(10-8-14)21(26)27/h3-10,16H,11H2,1-2H3,(H,22,25)(H,26,27)/t16-/m1/s1. The topological polar surface area (TPSA) is 84.2 Å². The van der Waals surface area contributed by atoms with Gasteiger partial charge in [0, 0.05) is 17.9 Å². The highest BCUT2D eigenvalue weighted by atomic mass is 16.4. The van der Waals surface area contributed by atoms with Crippen LogP contribution in [0.15, 0.2) is 48.5 Å². The predicted molar refractivity (Wildman–Crippen MR) is 102 cm³/mol. The van der Waals surface area contributed by atoms with Gasteiger partial charge in [0.2, 0.25) is 5.91 Å². The lowest BCUT2D eigenvalue weighted by molar-refractivity contribution is -0.116. The van der Waals surface area contributed by atoms with E-state index in [4.69, 9.17) is 5.11 Å². The molecule has 1 atom stereocenters. The van der Waals surface area contributed by atoms with Crippen LogP contribution in [0.1, 0.15) is 45.1 Å². The number of hydrogen-bond donors (Lipinski definition) is 2. The molecule has 1 aliphatic rings. The van der Waals surface area contributed by atoms with Crippen molar-refractivity contribution in [1.82, 2.24) is 9.78 Å². The van der Waals surface area contributed by atoms with E-state index in [1.165, 1.54) is 0 Å². The first-order chi connectivity index (χ1) is 13.0. The molecule has 1 amide bonds. The summed E-state index contributed by atoms with van der Waals surface area (Å²) >= 11 is 0. The number of hydrogen-bond acceptors (Lipinski definition) is 3. The highest BCUT2D eigenvalue weighted by molar-refractivity contribution is 5.95. The van der Waals surface area contributed by atoms with Crippen LogP contribution < -0.4 is 5.32 Å². The number of rotatable bonds is 3. The maximum Gasteiger partial charge on any atom is 0.335 e. The molecule has 0 unspecified atom stereocenters. The Labute approximate surface area is 156 Å². The van der Waals surface area contributed by atoms with Crippen molar-refractivity contribution in [2.24, 2.45) is 0 Å². The number of benzene rings is 2. The SMILES string of the molecule is Cc1ccccc1-n1nc(C)c2c1NC(=O)C[C@@H]2c1ccc(C(=O)O)cc1. The summed E-state index contributed by atoms with van der Waals surface area (Å²) in [4.78, 5) is 23.5. The quantitative estimate of drug-likeness (QED) is 0.746. The van der Waals surface area contributed by atoms with E-state index in [1.807, 2.05) is 38.1 Å². The number of nitrogens with zero attached hydrogens (tertiary/aromatic N) is 2. The summed E-state index contributed by atoms with van der Waals surface area (Å²) < 4.78 is 1.79. The highest BCUT2D eigenvalue weighted by Crippen LogP contribution is 2.40. The molecular weight excluding hydrogens is 342 g/mol. The lowest BCUT2D eigenvalue weighted by Crippen LogP contribution is -2.25. The van der Waals surface area contributed by atoms with Crippen molar-refractivity contribution >= 4 is 17.7 Å². The van der Waals surface area contributed by atoms with Gasteiger partial charge in [0.15, 0.2) is 0 Å². The van der Waals surface area contributed by atoms with E-state index in [0.29, 0.717) is 12.2 Å². The molecule has 6 nitrogen and oxygen atoms in total. The Morgan fingerprint density at radius 1 is 1.15 bits per heavy atom. The van der Waals surface area contributed by atoms with Crippen LogP contribution in [0.4, 0.5) is 5.82 Å². The molecule has 0 aliphatic carbocycles. The third-order valence-electron chi connectivity index (χ3n) is 5.01. The van der Waals surface area contributed by atoms with Gasteiger partial charge in [-0.25, -0.2) is 9.48 Å². The summed E-state index contributed by atoms with van der Waals surface area (Å²) in [6.07, 6.45) is 0.305. The molecule has 2 aromatic carbocycles. The van der Waals surface area contributed by atoms with Crippen LogP contribution in [0, 0.1) is 13.8 Å². The first-order valence-electron chi connectivity index (χ1n) is 8.74. The normalized spacial score (nSPS) is 15.9. The van der Waals surface area contributed by atoms with Crippen molar-refractivity contribution in [3.8, 4) is 5.69 Å². The van der Waals surface area contributed by atoms with E-state index in [0.717, 1.165) is 28.1 Å². The molecule has 0 spiro atoms. The lowest BCUT2D eigenvalue weighted by atomic mass is 9.85. The van der Waals surface area contributed by atoms with E-state index in [9.17, 15) is 9.59 Å². The number of para-hydroxylation sites is 1. The third-order valence-corrected chi connectivity index (χ3v) is 5.01. The van der Waals surface area contributed by atoms with Gasteiger partial charge in [-0.2, -0.15) is 5.10 Å². The number of carboxylic acids is 1. The zero-order valence-electron chi connectivity index (χ0n) is 15.1. The Bertz CT molecular complexity index is 1050. The minimum absolute atomic E-state index is 0.0791. The molecule has 136 valence electrons. The average Bonchev–Trinajstić information content (AvgIpc) is 2.98. The maximum atomic E-state index is 12.4. The molecular formula is C21H19N3O3. The van der Waals surface area contributed by atoms with Gasteiger partial charge in [-0.1, -0.05) is 30.3 Å². The summed E-state index contributed by atoms with van der Waals surface area (Å²) in [6.45, 7) is 3.94. The molecule has 0 fully saturated rings. The molecule has 4 rings (SSSR count). The molecule has 0 saturated heterocycles. The summed E-state index contributed by atoms with van der Waals surface area (Å²) in [5.74, 6) is -0.517. The van der Waals surface area contributed by atoms with Crippen molar-refractivity contribution in [3.63, 3.8) is 0 Å². The second kappa shape index (κ2) is 6.39. The van der Waals surface area contributed by atoms with Crippen molar-refractivity contribution in [2.45, 2.75) is 26.2 Å². The van der Waals surface area contributed by atoms with E-state index in [1.54, 1.807) is 28.9 Å². The van der Waals surface area contributed by atoms with Crippen molar-refractivity contribution in [3.05, 3.63) is 76.5 Å². The van der Waals surface area contributed by atoms with Gasteiger partial charge in [-0.05, 0) is 43.2 Å². The lowest BCUT2D eigenvalue weighted by Gasteiger charge is -2.24. The minimum atomic E-state index is -0.966. The van der Waals surface area contributed by atoms with Gasteiger partial charge < -0.3 is 10.4 Å². The van der Waals surface area contributed by atoms with Crippen LogP contribution in [0.25, 0.3) is 5.69 Å². The van der Waals surface area contributed by atoms with Crippen molar-refractivity contribution in [1.29, 1.82) is 0 Å². The van der Waals surface area contributed by atoms with Crippen LogP contribution in [-0.2, 0) is 4.79 Å². The molecule has 3 aromatic rings. The van der Waals surface area contributed by atoms with Gasteiger partial charge in [0.05, 0.1) is 16.9 Å². The first kappa shape index (κ1) is 17.0. The number of nitrogens with one attached hydrogen (secondary N) is 1. The maximum absolute atomic E-state index is 12.4. The summed E-state index contributed by atoms with van der Waals surface area (Å²) in [5, 5.41) is 16.8. The minimum Gasteiger partial charge on any atom is -0.478 e. The fourth-order valence-electron chi connectivity index (χ4n) is 3.67. The van der Waals surface area contributed by atoms with Crippen LogP contribution in [0.3, 0.4) is 0 Å². The largest absolute Gasteiger partial charge is 0.478 e. The monoisotopic (exact) mass is 361 g/mol. The van der Waals surface area contributed by atoms with Crippen LogP contribution in [0.2, 0.25) is 0 Å². The zero-order chi connectivity index (χ0) is 19.1. The smallest absolute Gasteiger partial charge is 0.335 e. The number of aromatic nitrogens is 2. The third kappa shape index (κ3) is 2.89. The van der Waals surface area contributed by atoms with Gasteiger partial charge >= 0.3 is 5.97 Å². The summed E-state index contributed by atoms with van der Waals surface area (Å²) in [5.41, 5.74) is 4.94. The first-order valence-corrected chi connectivity index (χ1v) is 8.74. The van der Waals surface area contributed by atoms with Crippen molar-refractivity contribution < 1.29 is 14.7 Å². The predicted octanol–water partition coefficient (Wildman–Crippen LogP) is 3.66. The van der Waals surface area contributed by atoms with E-state index >= 15 is 0 Å². The van der Waals surface area contributed by atoms with E-state index < -0.39 is 5.97 Å². The van der Waals surface area contributed by atoms with Gasteiger partial charge in [0.1, 0.15) is 5.82 Å². The fourth-order valence-corrected chi connectivity index (χ4v) is 3.67. The summed E-state index contributed by atoms with van der Waals surface area (Å²) in [7, 11) is 0. The highest BCUT2D eigenvalue weighted by Gasteiger charge is 2.32. The molecule has 0 bridgehead atoms. The molecule has 2 heterocycles. The van der Waals surface area contributed by atoms with Gasteiger partial charge in [-0.15, -0.1) is 0 Å². The summed E-state index contributed by atoms with van der Waals surface area (Å²) in [6, 6.07) is 14.6. The van der Waals surface area contributed by atoms with E-state index in [2.05, 4.69) is 10.4 Å². The molecule has 6 heteroatoms. The van der Waals surface area contributed by atoms with Crippen LogP contribution >= 0.6 is 0 Å². The molecule has 1 aliphatic heterocycles. The van der Waals surface area contributed by atoms with E-state index in [-0.39, 0.29) is 17.4 Å². The van der Waals surface area contributed by atoms with Crippen LogP contribution in [-0.4, -0.2) is 26.8 Å². The Morgan fingerprint density at radius 2 is 1.85 bits per heavy atom. The van der Waals surface area contributed by atoms with Crippen molar-refractivity contribution in [2.75, 3.05) is 5.32 Å². The Kier molecular flexibility index (Phi) is 4.03. The number of aromatic carboxylic acids is 1. The Balaban J connectivity index is 1.84. The fraction of sp³-hybridized carbons (Fsp3) is 0.190. The molecule has 27 heavy (non-hydrogen) atoms. The number of carbonyl (C=O) groups is 2. The molecule has 0 radical (unpaired) electrons. The number of aryl methyl sites for hydroxylation is 2. The zero-order valence-corrected chi connectivity index (χ0v) is 15.1. The number of carbonyl (C=O) groups excluding carboxylic acids is 1. The molecule has 2 N–H and O–H groups in total. The molecule has 0 saturated carbocycles. The number of carboxylic acid groups (broad SMARTS) is 1. The molecule has 1 aromatic heterocycles. The number of fused-ring (bicyclic) bond motifs is 1. The van der Waals surface area contributed by atoms with Gasteiger partial charge in [-0.3, -0.25) is 4.79 Å². The number of amides is 1. The Hall–Kier alpha value is -3.41. The second-order valence-corrected chi connectivity index (χ2v) is 6.78. The van der Waals surface area contributed by atoms with Gasteiger partial charge in [0.25, 0.3) is 0 Å². The number of anilines is 1. The van der Waals surface area contributed by atoms with Crippen LogP contribution in [0.5, 0.6) is 0 Å².